The van der Waals surface area contributed by atoms with Gasteiger partial charge in [0.25, 0.3) is 5.91 Å². The lowest BCUT2D eigenvalue weighted by molar-refractivity contribution is 0.102. The monoisotopic (exact) mass is 403 g/mol. The van der Waals surface area contributed by atoms with Crippen LogP contribution in [0.1, 0.15) is 15.9 Å². The molecule has 0 heterocycles. The van der Waals surface area contributed by atoms with Crippen molar-refractivity contribution >= 4 is 31.3 Å². The molecule has 2 aromatic carbocycles. The summed E-state index contributed by atoms with van der Waals surface area (Å²) in [5.74, 6) is -4.52. The zero-order valence-electron chi connectivity index (χ0n) is 13.5. The molecule has 0 aliphatic heterocycles. The van der Waals surface area contributed by atoms with Crippen LogP contribution in [0.3, 0.4) is 0 Å². The van der Waals surface area contributed by atoms with Gasteiger partial charge in [0.05, 0.1) is 16.3 Å². The van der Waals surface area contributed by atoms with E-state index in [2.05, 4.69) is 5.32 Å². The van der Waals surface area contributed by atoms with Crippen LogP contribution < -0.4 is 5.32 Å². The predicted octanol–water partition coefficient (Wildman–Crippen LogP) is 2.48. The lowest BCUT2D eigenvalue weighted by Gasteiger charge is -2.11. The van der Waals surface area contributed by atoms with E-state index in [9.17, 15) is 30.4 Å². The molecule has 0 bridgehead atoms. The molecule has 0 aromatic heterocycles. The number of halogens is 2. The van der Waals surface area contributed by atoms with Crippen LogP contribution >= 0.6 is 0 Å². The van der Waals surface area contributed by atoms with Crippen LogP contribution in [0.4, 0.5) is 14.5 Å². The van der Waals surface area contributed by atoms with Crippen molar-refractivity contribution in [1.82, 2.24) is 0 Å². The number of alkyl halides is 2. The molecule has 0 saturated carbocycles. The van der Waals surface area contributed by atoms with Crippen LogP contribution in [0.15, 0.2) is 53.4 Å². The number of hydrogen-bond acceptors (Lipinski definition) is 5. The summed E-state index contributed by atoms with van der Waals surface area (Å²) in [5.41, 5.74) is 0.328. The van der Waals surface area contributed by atoms with E-state index in [-0.39, 0.29) is 17.0 Å². The number of rotatable bonds is 6. The van der Waals surface area contributed by atoms with Crippen LogP contribution in [0.25, 0.3) is 0 Å². The minimum Gasteiger partial charge on any atom is -0.321 e. The predicted molar refractivity (Wildman–Crippen MR) is 92.6 cm³/mol. The number of benzene rings is 2. The van der Waals surface area contributed by atoms with Crippen molar-refractivity contribution in [1.29, 1.82) is 0 Å². The zero-order chi connectivity index (χ0) is 19.5. The summed E-state index contributed by atoms with van der Waals surface area (Å²) in [5, 5.41) is 2.29. The maximum Gasteiger partial charge on any atom is 0.341 e. The molecule has 0 saturated heterocycles. The first kappa shape index (κ1) is 20.0. The number of carbonyl (C=O) groups excluding carboxylic acids is 1. The quantitative estimate of drug-likeness (QED) is 0.799. The van der Waals surface area contributed by atoms with Crippen molar-refractivity contribution < 1.29 is 30.4 Å². The number of para-hydroxylation sites is 1. The summed E-state index contributed by atoms with van der Waals surface area (Å²) in [6, 6.07) is 10.5. The third kappa shape index (κ3) is 4.85. The largest absolute Gasteiger partial charge is 0.341 e. The van der Waals surface area contributed by atoms with E-state index in [1.165, 1.54) is 42.5 Å². The van der Waals surface area contributed by atoms with Crippen molar-refractivity contribution in [2.75, 3.05) is 11.6 Å². The van der Waals surface area contributed by atoms with E-state index in [1.807, 2.05) is 0 Å². The molecule has 0 unspecified atom stereocenters. The Bertz CT molecular complexity index is 1020. The second kappa shape index (κ2) is 7.50. The number of anilines is 1. The Hall–Kier alpha value is -2.33. The normalized spacial score (nSPS) is 12.2. The number of sulfone groups is 2. The summed E-state index contributed by atoms with van der Waals surface area (Å²) in [4.78, 5) is 11.6. The van der Waals surface area contributed by atoms with Gasteiger partial charge in [0.2, 0.25) is 9.84 Å². The van der Waals surface area contributed by atoms with Gasteiger partial charge < -0.3 is 5.32 Å². The molecule has 1 amide bonds. The maximum atomic E-state index is 12.8. The molecule has 0 atom stereocenters. The molecular formula is C16H15F2NO5S2. The Kier molecular flexibility index (Phi) is 5.77. The van der Waals surface area contributed by atoms with E-state index in [0.29, 0.717) is 5.56 Å². The minimum atomic E-state index is -4.88. The van der Waals surface area contributed by atoms with Gasteiger partial charge >= 0.3 is 5.76 Å². The summed E-state index contributed by atoms with van der Waals surface area (Å²) in [7, 11) is -8.10. The van der Waals surface area contributed by atoms with Gasteiger partial charge in [-0.15, -0.1) is 0 Å². The van der Waals surface area contributed by atoms with Crippen molar-refractivity contribution in [2.45, 2.75) is 16.4 Å². The lowest BCUT2D eigenvalue weighted by Crippen LogP contribution is -2.17. The highest BCUT2D eigenvalue weighted by Crippen LogP contribution is 2.26. The summed E-state index contributed by atoms with van der Waals surface area (Å²) >= 11 is 0. The van der Waals surface area contributed by atoms with E-state index < -0.39 is 36.2 Å². The average molecular weight is 403 g/mol. The fourth-order valence-corrected chi connectivity index (χ4v) is 3.85. The van der Waals surface area contributed by atoms with Crippen molar-refractivity contribution in [3.05, 3.63) is 59.7 Å². The molecule has 2 aromatic rings. The molecule has 0 spiro atoms. The molecule has 0 fully saturated rings. The number of carbonyl (C=O) groups is 1. The van der Waals surface area contributed by atoms with Gasteiger partial charge in [0.1, 0.15) is 0 Å². The topological polar surface area (TPSA) is 97.4 Å². The Morgan fingerprint density at radius 1 is 1.00 bits per heavy atom. The molecule has 1 N–H and O–H groups in total. The second-order valence-electron chi connectivity index (χ2n) is 5.52. The first-order valence-electron chi connectivity index (χ1n) is 7.20. The summed E-state index contributed by atoms with van der Waals surface area (Å²) < 4.78 is 71.4. The molecule has 10 heteroatoms. The lowest BCUT2D eigenvalue weighted by atomic mass is 10.1. The van der Waals surface area contributed by atoms with E-state index in [1.54, 1.807) is 0 Å². The Balaban J connectivity index is 2.26. The van der Waals surface area contributed by atoms with Gasteiger partial charge in [0, 0.05) is 11.8 Å². The smallest absolute Gasteiger partial charge is 0.321 e. The van der Waals surface area contributed by atoms with Crippen LogP contribution in [-0.4, -0.2) is 34.8 Å². The highest BCUT2D eigenvalue weighted by atomic mass is 32.2. The highest BCUT2D eigenvalue weighted by Gasteiger charge is 2.29. The Labute approximate surface area is 149 Å². The zero-order valence-corrected chi connectivity index (χ0v) is 15.1. The van der Waals surface area contributed by atoms with Gasteiger partial charge in [-0.2, -0.15) is 8.78 Å². The van der Waals surface area contributed by atoms with Crippen LogP contribution in [-0.2, 0) is 25.4 Å². The molecule has 0 aliphatic carbocycles. The summed E-state index contributed by atoms with van der Waals surface area (Å²) in [6.07, 6.45) is 1.08. The highest BCUT2D eigenvalue weighted by molar-refractivity contribution is 7.91. The fourth-order valence-electron chi connectivity index (χ4n) is 2.16. The second-order valence-corrected chi connectivity index (χ2v) is 9.55. The third-order valence-corrected chi connectivity index (χ3v) is 5.62. The van der Waals surface area contributed by atoms with Gasteiger partial charge in [-0.05, 0) is 29.8 Å². The van der Waals surface area contributed by atoms with Crippen LogP contribution in [0.2, 0.25) is 0 Å². The van der Waals surface area contributed by atoms with Crippen molar-refractivity contribution in [2.24, 2.45) is 0 Å². The SMILES string of the molecule is CS(=O)(=O)Cc1ccc(C(=O)Nc2ccccc2S(=O)(=O)C(F)F)cc1. The standard InChI is InChI=1S/C16H15F2NO5S2/c1-25(21,22)10-11-6-8-12(9-7-11)15(20)19-13-4-2-3-5-14(13)26(23,24)16(17)18/h2-9,16H,10H2,1H3,(H,19,20). The van der Waals surface area contributed by atoms with Crippen LogP contribution in [0, 0.1) is 0 Å². The van der Waals surface area contributed by atoms with E-state index in [4.69, 9.17) is 0 Å². The average Bonchev–Trinajstić information content (AvgIpc) is 2.54. The van der Waals surface area contributed by atoms with Gasteiger partial charge in [-0.25, -0.2) is 16.8 Å². The Morgan fingerprint density at radius 3 is 2.12 bits per heavy atom. The van der Waals surface area contributed by atoms with Crippen molar-refractivity contribution in [3.8, 4) is 0 Å². The first-order valence-corrected chi connectivity index (χ1v) is 10.8. The van der Waals surface area contributed by atoms with Gasteiger partial charge in [-0.1, -0.05) is 24.3 Å². The van der Waals surface area contributed by atoms with Crippen molar-refractivity contribution in [3.63, 3.8) is 0 Å². The fraction of sp³-hybridized carbons (Fsp3) is 0.188. The maximum absolute atomic E-state index is 12.8. The first-order chi connectivity index (χ1) is 12.0. The number of hydrogen-bond donors (Lipinski definition) is 1. The number of amides is 1. The molecular weight excluding hydrogens is 388 g/mol. The third-order valence-electron chi connectivity index (χ3n) is 3.32. The minimum absolute atomic E-state index is 0.117. The van der Waals surface area contributed by atoms with Crippen LogP contribution in [0.5, 0.6) is 0 Å². The van der Waals surface area contributed by atoms with Gasteiger partial charge in [0.15, 0.2) is 9.84 Å². The molecule has 0 aliphatic rings. The molecule has 0 radical (unpaired) electrons. The molecule has 140 valence electrons. The Morgan fingerprint density at radius 2 is 1.58 bits per heavy atom. The van der Waals surface area contributed by atoms with E-state index in [0.717, 1.165) is 12.3 Å². The molecule has 6 nitrogen and oxygen atoms in total. The molecule has 2 rings (SSSR count). The van der Waals surface area contributed by atoms with Gasteiger partial charge in [-0.3, -0.25) is 4.79 Å². The number of nitrogens with one attached hydrogen (secondary N) is 1. The summed E-state index contributed by atoms with van der Waals surface area (Å²) in [6.45, 7) is 0. The van der Waals surface area contributed by atoms with E-state index >= 15 is 0 Å². The molecule has 26 heavy (non-hydrogen) atoms.